The van der Waals surface area contributed by atoms with Crippen molar-refractivity contribution in [1.82, 2.24) is 0 Å². The number of hydrogen-bond donors (Lipinski definition) is 1. The van der Waals surface area contributed by atoms with E-state index in [1.807, 2.05) is 7.05 Å². The molecule has 1 aromatic rings. The van der Waals surface area contributed by atoms with E-state index < -0.39 is 0 Å². The third-order valence-corrected chi connectivity index (χ3v) is 3.66. The van der Waals surface area contributed by atoms with Crippen LogP contribution in [0.3, 0.4) is 0 Å². The third-order valence-electron chi connectivity index (χ3n) is 2.44. The first-order valence-electron chi connectivity index (χ1n) is 4.76. The summed E-state index contributed by atoms with van der Waals surface area (Å²) in [5.74, 6) is -0.265. The minimum absolute atomic E-state index is 0.265. The van der Waals surface area contributed by atoms with E-state index in [-0.39, 0.29) is 5.97 Å². The lowest BCUT2D eigenvalue weighted by Gasteiger charge is -2.12. The van der Waals surface area contributed by atoms with E-state index in [0.29, 0.717) is 18.8 Å². The Morgan fingerprint density at radius 1 is 1.60 bits per heavy atom. The molecule has 1 aromatic heterocycles. The molecule has 5 heteroatoms. The molecular weight excluding hydrogens is 214 g/mol. The molecule has 15 heavy (non-hydrogen) atoms. The summed E-state index contributed by atoms with van der Waals surface area (Å²) < 4.78 is 10.1. The van der Waals surface area contributed by atoms with Gasteiger partial charge < -0.3 is 14.8 Å². The van der Waals surface area contributed by atoms with Crippen LogP contribution in [0.25, 0.3) is 0 Å². The van der Waals surface area contributed by atoms with Gasteiger partial charge in [0.05, 0.1) is 25.9 Å². The predicted molar refractivity (Wildman–Crippen MR) is 58.6 cm³/mol. The van der Waals surface area contributed by atoms with Crippen LogP contribution in [0.1, 0.15) is 20.8 Å². The van der Waals surface area contributed by atoms with E-state index in [1.165, 1.54) is 7.11 Å². The van der Waals surface area contributed by atoms with Gasteiger partial charge in [0.2, 0.25) is 0 Å². The number of carbonyl (C=O) groups is 1. The maximum absolute atomic E-state index is 11.6. The highest BCUT2D eigenvalue weighted by atomic mass is 32.1. The van der Waals surface area contributed by atoms with Crippen molar-refractivity contribution in [3.63, 3.8) is 0 Å². The van der Waals surface area contributed by atoms with Gasteiger partial charge in [-0.2, -0.15) is 0 Å². The van der Waals surface area contributed by atoms with Crippen LogP contribution in [-0.2, 0) is 22.5 Å². The molecule has 0 unspecified atom stereocenters. The van der Waals surface area contributed by atoms with Crippen LogP contribution >= 0.6 is 11.3 Å². The van der Waals surface area contributed by atoms with Crippen LogP contribution in [-0.4, -0.2) is 26.7 Å². The van der Waals surface area contributed by atoms with Crippen molar-refractivity contribution in [2.45, 2.75) is 13.0 Å². The van der Waals surface area contributed by atoms with Crippen molar-refractivity contribution in [2.75, 3.05) is 26.1 Å². The lowest BCUT2D eigenvalue weighted by Crippen LogP contribution is -2.12. The Kier molecular flexibility index (Phi) is 2.93. The number of carbonyl (C=O) groups excluding carboxylic acids is 1. The largest absolute Gasteiger partial charge is 0.465 e. The van der Waals surface area contributed by atoms with Gasteiger partial charge in [0, 0.05) is 11.9 Å². The number of anilines is 1. The highest BCUT2D eigenvalue weighted by Gasteiger charge is 2.25. The Labute approximate surface area is 92.2 Å². The molecule has 0 spiro atoms. The zero-order chi connectivity index (χ0) is 10.8. The monoisotopic (exact) mass is 227 g/mol. The molecule has 0 radical (unpaired) electrons. The van der Waals surface area contributed by atoms with E-state index >= 15 is 0 Å². The Morgan fingerprint density at radius 2 is 2.40 bits per heavy atom. The zero-order valence-corrected chi connectivity index (χ0v) is 9.57. The highest BCUT2D eigenvalue weighted by Crippen LogP contribution is 2.36. The Bertz CT molecular complexity index is 386. The molecule has 4 nitrogen and oxygen atoms in total. The third kappa shape index (κ3) is 1.72. The van der Waals surface area contributed by atoms with Gasteiger partial charge in [-0.15, -0.1) is 11.3 Å². The van der Waals surface area contributed by atoms with Crippen molar-refractivity contribution in [3.05, 3.63) is 16.0 Å². The molecule has 0 saturated heterocycles. The van der Waals surface area contributed by atoms with E-state index in [1.54, 1.807) is 11.3 Å². The molecule has 0 aliphatic carbocycles. The van der Waals surface area contributed by atoms with Gasteiger partial charge in [0.15, 0.2) is 0 Å². The molecule has 2 rings (SSSR count). The predicted octanol–water partition coefficient (Wildman–Crippen LogP) is 1.65. The second-order valence-corrected chi connectivity index (χ2v) is 4.36. The Balaban J connectivity index is 2.49. The van der Waals surface area contributed by atoms with Gasteiger partial charge in [0.25, 0.3) is 0 Å². The summed E-state index contributed by atoms with van der Waals surface area (Å²) in [5, 5.41) is 3.90. The molecule has 1 N–H and O–H groups in total. The molecule has 0 fully saturated rings. The molecule has 2 heterocycles. The second-order valence-electron chi connectivity index (χ2n) is 3.25. The average molecular weight is 227 g/mol. The molecule has 82 valence electrons. The van der Waals surface area contributed by atoms with Crippen LogP contribution < -0.4 is 5.32 Å². The number of rotatable bonds is 2. The van der Waals surface area contributed by atoms with Gasteiger partial charge in [-0.05, 0) is 12.0 Å². The number of methoxy groups -OCH3 is 1. The van der Waals surface area contributed by atoms with Gasteiger partial charge in [-0.1, -0.05) is 0 Å². The number of nitrogens with one attached hydrogen (secondary N) is 1. The molecule has 0 atom stereocenters. The molecule has 1 aliphatic rings. The van der Waals surface area contributed by atoms with Crippen LogP contribution in [0.5, 0.6) is 0 Å². The summed E-state index contributed by atoms with van der Waals surface area (Å²) >= 11 is 1.57. The Morgan fingerprint density at radius 3 is 3.07 bits per heavy atom. The first kappa shape index (κ1) is 10.4. The SMILES string of the molecule is CNc1sc2c(c1C(=O)OC)CCOC2. The average Bonchev–Trinajstić information content (AvgIpc) is 2.66. The van der Waals surface area contributed by atoms with Crippen LogP contribution in [0.15, 0.2) is 0 Å². The normalized spacial score (nSPS) is 14.5. The quantitative estimate of drug-likeness (QED) is 0.780. The van der Waals surface area contributed by atoms with E-state index in [0.717, 1.165) is 21.9 Å². The van der Waals surface area contributed by atoms with Gasteiger partial charge >= 0.3 is 5.97 Å². The number of hydrogen-bond acceptors (Lipinski definition) is 5. The van der Waals surface area contributed by atoms with Crippen molar-refractivity contribution >= 4 is 22.3 Å². The van der Waals surface area contributed by atoms with Crippen molar-refractivity contribution in [3.8, 4) is 0 Å². The lowest BCUT2D eigenvalue weighted by molar-refractivity contribution is 0.0597. The molecule has 0 amide bonds. The van der Waals surface area contributed by atoms with Crippen LogP contribution in [0.4, 0.5) is 5.00 Å². The summed E-state index contributed by atoms with van der Waals surface area (Å²) in [5.41, 5.74) is 1.77. The standard InChI is InChI=1S/C10H13NO3S/c1-11-9-8(10(12)13-2)6-3-4-14-5-7(6)15-9/h11H,3-5H2,1-2H3. The number of thiophene rings is 1. The minimum atomic E-state index is -0.265. The summed E-state index contributed by atoms with van der Waals surface area (Å²) in [6, 6.07) is 0. The fraction of sp³-hybridized carbons (Fsp3) is 0.500. The van der Waals surface area contributed by atoms with E-state index in [2.05, 4.69) is 5.32 Å². The number of ether oxygens (including phenoxy) is 2. The maximum atomic E-state index is 11.6. The van der Waals surface area contributed by atoms with Crippen LogP contribution in [0.2, 0.25) is 0 Å². The molecule has 1 aliphatic heterocycles. The van der Waals surface area contributed by atoms with Gasteiger partial charge in [0.1, 0.15) is 5.00 Å². The number of fused-ring (bicyclic) bond motifs is 1. The van der Waals surface area contributed by atoms with E-state index in [9.17, 15) is 4.79 Å². The van der Waals surface area contributed by atoms with Crippen molar-refractivity contribution in [1.29, 1.82) is 0 Å². The first-order chi connectivity index (χ1) is 7.27. The summed E-state index contributed by atoms with van der Waals surface area (Å²) in [6.45, 7) is 1.28. The molecule has 0 bridgehead atoms. The fourth-order valence-corrected chi connectivity index (χ4v) is 2.85. The summed E-state index contributed by atoms with van der Waals surface area (Å²) in [7, 11) is 3.22. The van der Waals surface area contributed by atoms with Crippen molar-refractivity contribution in [2.24, 2.45) is 0 Å². The smallest absolute Gasteiger partial charge is 0.341 e. The molecule has 0 aromatic carbocycles. The van der Waals surface area contributed by atoms with E-state index in [4.69, 9.17) is 9.47 Å². The topological polar surface area (TPSA) is 47.6 Å². The van der Waals surface area contributed by atoms with Gasteiger partial charge in [-0.25, -0.2) is 4.79 Å². The van der Waals surface area contributed by atoms with Crippen molar-refractivity contribution < 1.29 is 14.3 Å². The second kappa shape index (κ2) is 4.20. The summed E-state index contributed by atoms with van der Waals surface area (Å²) in [4.78, 5) is 12.8. The minimum Gasteiger partial charge on any atom is -0.465 e. The Hall–Kier alpha value is -1.07. The zero-order valence-electron chi connectivity index (χ0n) is 8.75. The van der Waals surface area contributed by atoms with Crippen LogP contribution in [0, 0.1) is 0 Å². The maximum Gasteiger partial charge on any atom is 0.341 e. The lowest BCUT2D eigenvalue weighted by atomic mass is 10.1. The molecule has 0 saturated carbocycles. The summed E-state index contributed by atoms with van der Waals surface area (Å²) in [6.07, 6.45) is 0.790. The van der Waals surface area contributed by atoms with Gasteiger partial charge in [-0.3, -0.25) is 0 Å². The number of esters is 1. The fourth-order valence-electron chi connectivity index (χ4n) is 1.73. The molecular formula is C10H13NO3S. The first-order valence-corrected chi connectivity index (χ1v) is 5.58. The highest BCUT2D eigenvalue weighted by molar-refractivity contribution is 7.16.